The number of rotatable bonds is 4. The Kier molecular flexibility index (Phi) is 4.12. The number of esters is 1. The summed E-state index contributed by atoms with van der Waals surface area (Å²) in [6, 6.07) is -0.289. The van der Waals surface area contributed by atoms with Crippen LogP contribution >= 0.6 is 12.2 Å². The van der Waals surface area contributed by atoms with Crippen LogP contribution in [0.4, 0.5) is 0 Å². The molecule has 0 spiro atoms. The minimum atomic E-state index is -0.289. The van der Waals surface area contributed by atoms with Crippen LogP contribution in [0, 0.1) is 23.2 Å². The molecule has 0 saturated heterocycles. The average Bonchev–Trinajstić information content (AvgIpc) is 2.42. The first-order chi connectivity index (χ1) is 10.1. The highest BCUT2D eigenvalue weighted by atomic mass is 32.1. The van der Waals surface area contributed by atoms with Crippen molar-refractivity contribution in [3.63, 3.8) is 0 Å². The van der Waals surface area contributed by atoms with Crippen molar-refractivity contribution in [1.82, 2.24) is 10.6 Å². The summed E-state index contributed by atoms with van der Waals surface area (Å²) in [5, 5.41) is 6.94. The summed E-state index contributed by atoms with van der Waals surface area (Å²) in [5.74, 6) is 2.26. The van der Waals surface area contributed by atoms with Crippen LogP contribution < -0.4 is 10.6 Å². The SMILES string of the molecule is CCNC(=S)N[C@@H](C(=O)OC)C12CC3CC(CC(C3)C1)C2. The molecule has 5 heteroatoms. The Balaban J connectivity index is 1.82. The van der Waals surface area contributed by atoms with Crippen LogP contribution in [-0.2, 0) is 9.53 Å². The van der Waals surface area contributed by atoms with Crippen molar-refractivity contribution < 1.29 is 9.53 Å². The Labute approximate surface area is 132 Å². The first-order valence-corrected chi connectivity index (χ1v) is 8.59. The predicted molar refractivity (Wildman–Crippen MR) is 85.8 cm³/mol. The third-order valence-electron chi connectivity index (χ3n) is 5.75. The molecule has 0 amide bonds. The van der Waals surface area contributed by atoms with Gasteiger partial charge in [0.2, 0.25) is 0 Å². The Morgan fingerprint density at radius 2 is 1.76 bits per heavy atom. The van der Waals surface area contributed by atoms with Crippen molar-refractivity contribution in [1.29, 1.82) is 0 Å². The maximum Gasteiger partial charge on any atom is 0.328 e. The number of ether oxygens (including phenoxy) is 1. The van der Waals surface area contributed by atoms with Crippen molar-refractivity contribution in [2.75, 3.05) is 13.7 Å². The molecule has 0 heterocycles. The minimum absolute atomic E-state index is 0.0569. The van der Waals surface area contributed by atoms with Crippen LogP contribution in [0.15, 0.2) is 0 Å². The van der Waals surface area contributed by atoms with Gasteiger partial charge < -0.3 is 15.4 Å². The summed E-state index contributed by atoms with van der Waals surface area (Å²) < 4.78 is 5.09. The topological polar surface area (TPSA) is 50.4 Å². The van der Waals surface area contributed by atoms with Crippen molar-refractivity contribution in [2.24, 2.45) is 23.2 Å². The van der Waals surface area contributed by atoms with E-state index in [9.17, 15) is 4.79 Å². The molecule has 4 saturated carbocycles. The Morgan fingerprint density at radius 3 is 2.19 bits per heavy atom. The molecule has 1 atom stereocenters. The Morgan fingerprint density at radius 1 is 1.24 bits per heavy atom. The van der Waals surface area contributed by atoms with Crippen molar-refractivity contribution >= 4 is 23.3 Å². The molecule has 0 aromatic rings. The van der Waals surface area contributed by atoms with E-state index in [2.05, 4.69) is 10.6 Å². The lowest BCUT2D eigenvalue weighted by Gasteiger charge is -2.58. The molecule has 118 valence electrons. The third kappa shape index (κ3) is 2.77. The molecule has 4 aliphatic carbocycles. The van der Waals surface area contributed by atoms with Gasteiger partial charge in [-0.25, -0.2) is 4.79 Å². The minimum Gasteiger partial charge on any atom is -0.467 e. The number of hydrogen-bond acceptors (Lipinski definition) is 3. The fraction of sp³-hybridized carbons (Fsp3) is 0.875. The highest BCUT2D eigenvalue weighted by Gasteiger charge is 2.56. The molecule has 4 nitrogen and oxygen atoms in total. The monoisotopic (exact) mass is 310 g/mol. The fourth-order valence-electron chi connectivity index (χ4n) is 5.45. The Hall–Kier alpha value is -0.840. The van der Waals surface area contributed by atoms with E-state index in [4.69, 9.17) is 17.0 Å². The predicted octanol–water partition coefficient (Wildman–Crippen LogP) is 2.23. The number of nitrogens with one attached hydrogen (secondary N) is 2. The lowest BCUT2D eigenvalue weighted by molar-refractivity contribution is -0.154. The summed E-state index contributed by atoms with van der Waals surface area (Å²) >= 11 is 5.32. The number of carbonyl (C=O) groups is 1. The normalized spacial score (nSPS) is 37.9. The number of hydrogen-bond donors (Lipinski definition) is 2. The highest BCUT2D eigenvalue weighted by Crippen LogP contribution is 2.61. The lowest BCUT2D eigenvalue weighted by atomic mass is 9.47. The van der Waals surface area contributed by atoms with Gasteiger partial charge in [-0.05, 0) is 75.4 Å². The van der Waals surface area contributed by atoms with E-state index >= 15 is 0 Å². The van der Waals surface area contributed by atoms with E-state index in [0.717, 1.165) is 43.6 Å². The van der Waals surface area contributed by atoms with E-state index in [0.29, 0.717) is 5.11 Å². The standard InChI is InChI=1S/C16H26N2O2S/c1-3-17-15(21)18-13(14(19)20-2)16-7-10-4-11(8-16)6-12(5-10)9-16/h10-13H,3-9H2,1-2H3,(H2,17,18,21)/t10?,11?,12?,13-,16?/m0/s1. The van der Waals surface area contributed by atoms with Crippen LogP contribution in [0.2, 0.25) is 0 Å². The molecular weight excluding hydrogens is 284 g/mol. The molecule has 0 aliphatic heterocycles. The molecule has 21 heavy (non-hydrogen) atoms. The van der Waals surface area contributed by atoms with Gasteiger partial charge in [-0.15, -0.1) is 0 Å². The van der Waals surface area contributed by atoms with Crippen LogP contribution in [0.3, 0.4) is 0 Å². The molecule has 4 fully saturated rings. The second-order valence-corrected chi connectivity index (χ2v) is 7.65. The molecule has 0 aromatic carbocycles. The summed E-state index contributed by atoms with van der Waals surface area (Å²) in [4.78, 5) is 12.4. The summed E-state index contributed by atoms with van der Waals surface area (Å²) in [7, 11) is 1.48. The average molecular weight is 310 g/mol. The molecule has 4 bridgehead atoms. The first-order valence-electron chi connectivity index (χ1n) is 8.18. The largest absolute Gasteiger partial charge is 0.467 e. The van der Waals surface area contributed by atoms with Crippen LogP contribution in [0.5, 0.6) is 0 Å². The van der Waals surface area contributed by atoms with E-state index in [-0.39, 0.29) is 17.4 Å². The second-order valence-electron chi connectivity index (χ2n) is 7.24. The maximum atomic E-state index is 12.4. The van der Waals surface area contributed by atoms with E-state index in [1.165, 1.54) is 26.4 Å². The van der Waals surface area contributed by atoms with Gasteiger partial charge in [0.1, 0.15) is 6.04 Å². The summed E-state index contributed by atoms with van der Waals surface area (Å²) in [5.41, 5.74) is 0.0569. The Bertz CT molecular complexity index is 403. The quantitative estimate of drug-likeness (QED) is 0.616. The zero-order chi connectivity index (χ0) is 15.0. The molecule has 2 N–H and O–H groups in total. The number of thiocarbonyl (C=S) groups is 1. The van der Waals surface area contributed by atoms with Crippen LogP contribution in [0.1, 0.15) is 45.4 Å². The van der Waals surface area contributed by atoms with Gasteiger partial charge in [-0.2, -0.15) is 0 Å². The zero-order valence-electron chi connectivity index (χ0n) is 13.0. The van der Waals surface area contributed by atoms with Gasteiger partial charge in [-0.1, -0.05) is 0 Å². The van der Waals surface area contributed by atoms with Crippen molar-refractivity contribution in [2.45, 2.75) is 51.5 Å². The third-order valence-corrected chi connectivity index (χ3v) is 6.01. The van der Waals surface area contributed by atoms with Gasteiger partial charge in [0.15, 0.2) is 5.11 Å². The van der Waals surface area contributed by atoms with Gasteiger partial charge in [0.05, 0.1) is 7.11 Å². The van der Waals surface area contributed by atoms with Gasteiger partial charge in [0.25, 0.3) is 0 Å². The smallest absolute Gasteiger partial charge is 0.328 e. The first kappa shape index (κ1) is 15.1. The van der Waals surface area contributed by atoms with Gasteiger partial charge in [0, 0.05) is 12.0 Å². The summed E-state index contributed by atoms with van der Waals surface area (Å²) in [6.45, 7) is 2.77. The van der Waals surface area contributed by atoms with Crippen molar-refractivity contribution in [3.8, 4) is 0 Å². The maximum absolute atomic E-state index is 12.4. The van der Waals surface area contributed by atoms with Gasteiger partial charge >= 0.3 is 5.97 Å². The van der Waals surface area contributed by atoms with Crippen LogP contribution in [0.25, 0.3) is 0 Å². The lowest BCUT2D eigenvalue weighted by Crippen LogP contribution is -2.61. The second kappa shape index (κ2) is 5.75. The summed E-state index contributed by atoms with van der Waals surface area (Å²) in [6.07, 6.45) is 7.56. The van der Waals surface area contributed by atoms with E-state index in [1.807, 2.05) is 6.92 Å². The number of carbonyl (C=O) groups excluding carboxylic acids is 1. The van der Waals surface area contributed by atoms with Gasteiger partial charge in [-0.3, -0.25) is 0 Å². The van der Waals surface area contributed by atoms with E-state index in [1.54, 1.807) is 0 Å². The molecule has 0 radical (unpaired) electrons. The highest BCUT2D eigenvalue weighted by molar-refractivity contribution is 7.80. The molecule has 0 aromatic heterocycles. The molecule has 4 rings (SSSR count). The van der Waals surface area contributed by atoms with Crippen LogP contribution in [-0.4, -0.2) is 30.8 Å². The molecule has 4 aliphatic rings. The zero-order valence-corrected chi connectivity index (χ0v) is 13.8. The van der Waals surface area contributed by atoms with E-state index < -0.39 is 0 Å². The number of methoxy groups -OCH3 is 1. The fourth-order valence-corrected chi connectivity index (χ4v) is 5.72. The molecular formula is C16H26N2O2S. The van der Waals surface area contributed by atoms with Crippen molar-refractivity contribution in [3.05, 3.63) is 0 Å². The molecule has 0 unspecified atom stereocenters.